The van der Waals surface area contributed by atoms with Crippen LogP contribution in [-0.4, -0.2) is 23.8 Å². The number of ketones is 2. The van der Waals surface area contributed by atoms with E-state index in [0.717, 1.165) is 49.7 Å². The molecule has 6 heteroatoms. The Labute approximate surface area is 231 Å². The standard InChI is InChI=1S/C32H45NO4S/c1-6-25(27-10-7-22(18-34)38-27)33-28(37)15-19(2)23-8-9-24-29-26(36)17-20-16-21(35)11-12-31(20,4)32(29,5)14-13-30(23,24)3/h7,10,18-20,23-25,29H,6,8-9,11-17H2,1-5H3,(H,33,37)/t19-,20?,23?,24+,25?,29?,30?,31?,32+/m1/s1. The third kappa shape index (κ3) is 4.24. The summed E-state index contributed by atoms with van der Waals surface area (Å²) < 4.78 is 0. The molecule has 1 N–H and O–H groups in total. The molecule has 5 nitrogen and oxygen atoms in total. The highest BCUT2D eigenvalue weighted by Gasteiger charge is 2.68. The number of hydrogen-bond acceptors (Lipinski definition) is 5. The van der Waals surface area contributed by atoms with Gasteiger partial charge in [0.2, 0.25) is 5.91 Å². The van der Waals surface area contributed by atoms with Gasteiger partial charge in [-0.15, -0.1) is 11.3 Å². The SMILES string of the molecule is CCC(NC(=O)C[C@@H](C)C1CC[C@H]2C3C(=O)CC4CC(=O)CCC4(C)[C@@]3(C)CCC12C)c1ccc(C=O)s1. The first kappa shape index (κ1) is 27.7. The summed E-state index contributed by atoms with van der Waals surface area (Å²) in [5, 5.41) is 3.23. The minimum atomic E-state index is -0.0633. The number of rotatable bonds is 7. The molecule has 4 saturated carbocycles. The Hall–Kier alpha value is -1.82. The first-order valence-corrected chi connectivity index (χ1v) is 15.7. The van der Waals surface area contributed by atoms with Gasteiger partial charge in [-0.3, -0.25) is 19.2 Å². The van der Waals surface area contributed by atoms with Crippen LogP contribution in [0.1, 0.15) is 119 Å². The fourth-order valence-electron chi connectivity index (χ4n) is 9.80. The summed E-state index contributed by atoms with van der Waals surface area (Å²) in [6.07, 6.45) is 9.20. The van der Waals surface area contributed by atoms with Crippen LogP contribution in [0.4, 0.5) is 0 Å². The van der Waals surface area contributed by atoms with Gasteiger partial charge in [0.1, 0.15) is 11.6 Å². The molecule has 0 bridgehead atoms. The van der Waals surface area contributed by atoms with Crippen molar-refractivity contribution in [2.75, 3.05) is 0 Å². The molecule has 0 aromatic carbocycles. The van der Waals surface area contributed by atoms with Crippen LogP contribution in [0.5, 0.6) is 0 Å². The lowest BCUT2D eigenvalue weighted by molar-refractivity contribution is -0.185. The molecule has 208 valence electrons. The lowest BCUT2D eigenvalue weighted by Gasteiger charge is -2.65. The summed E-state index contributed by atoms with van der Waals surface area (Å²) in [6.45, 7) is 11.5. The van der Waals surface area contributed by atoms with Gasteiger partial charge in [-0.25, -0.2) is 0 Å². The molecule has 0 saturated heterocycles. The highest BCUT2D eigenvalue weighted by Crippen LogP contribution is 2.72. The number of thiophene rings is 1. The molecule has 6 unspecified atom stereocenters. The average molecular weight is 540 g/mol. The van der Waals surface area contributed by atoms with E-state index in [2.05, 4.69) is 39.9 Å². The smallest absolute Gasteiger partial charge is 0.220 e. The lowest BCUT2D eigenvalue weighted by Crippen LogP contribution is -2.62. The van der Waals surface area contributed by atoms with E-state index in [1.807, 2.05) is 12.1 Å². The molecule has 1 amide bonds. The molecule has 4 fully saturated rings. The predicted molar refractivity (Wildman–Crippen MR) is 150 cm³/mol. The van der Waals surface area contributed by atoms with E-state index in [4.69, 9.17) is 0 Å². The first-order chi connectivity index (χ1) is 18.0. The predicted octanol–water partition coefficient (Wildman–Crippen LogP) is 6.95. The quantitative estimate of drug-likeness (QED) is 0.380. The third-order valence-electron chi connectivity index (χ3n) is 12.2. The molecule has 4 aliphatic rings. The summed E-state index contributed by atoms with van der Waals surface area (Å²) in [5.41, 5.74) is 0.0951. The molecule has 9 atom stereocenters. The van der Waals surface area contributed by atoms with Gasteiger partial charge >= 0.3 is 0 Å². The van der Waals surface area contributed by atoms with E-state index in [1.165, 1.54) is 11.3 Å². The van der Waals surface area contributed by atoms with Crippen LogP contribution in [0.15, 0.2) is 12.1 Å². The van der Waals surface area contributed by atoms with Crippen molar-refractivity contribution < 1.29 is 19.2 Å². The highest BCUT2D eigenvalue weighted by molar-refractivity contribution is 7.13. The molecule has 0 spiro atoms. The summed E-state index contributed by atoms with van der Waals surface area (Å²) in [6, 6.07) is 3.70. The molecule has 4 aliphatic carbocycles. The van der Waals surface area contributed by atoms with Crippen molar-refractivity contribution in [3.8, 4) is 0 Å². The van der Waals surface area contributed by atoms with Gasteiger partial charge in [0, 0.05) is 36.5 Å². The molecule has 5 rings (SSSR count). The fourth-order valence-corrected chi connectivity index (χ4v) is 10.8. The lowest BCUT2D eigenvalue weighted by atomic mass is 9.38. The number of carbonyl (C=O) groups excluding carboxylic acids is 4. The van der Waals surface area contributed by atoms with Gasteiger partial charge in [-0.1, -0.05) is 34.6 Å². The van der Waals surface area contributed by atoms with Crippen LogP contribution in [0.25, 0.3) is 0 Å². The Balaban J connectivity index is 1.30. The Kier molecular flexibility index (Phi) is 7.28. The van der Waals surface area contributed by atoms with Crippen molar-refractivity contribution in [1.82, 2.24) is 5.32 Å². The topological polar surface area (TPSA) is 80.3 Å². The molecule has 0 radical (unpaired) electrons. The van der Waals surface area contributed by atoms with Gasteiger partial charge in [0.15, 0.2) is 6.29 Å². The summed E-state index contributed by atoms with van der Waals surface area (Å²) >= 11 is 1.45. The van der Waals surface area contributed by atoms with Crippen molar-refractivity contribution in [1.29, 1.82) is 0 Å². The number of nitrogens with one attached hydrogen (secondary N) is 1. The van der Waals surface area contributed by atoms with Crippen molar-refractivity contribution in [3.63, 3.8) is 0 Å². The van der Waals surface area contributed by atoms with E-state index in [0.29, 0.717) is 54.0 Å². The Morgan fingerprint density at radius 3 is 2.55 bits per heavy atom. The van der Waals surface area contributed by atoms with Gasteiger partial charge in [0.25, 0.3) is 0 Å². The molecule has 1 heterocycles. The van der Waals surface area contributed by atoms with Gasteiger partial charge in [-0.2, -0.15) is 0 Å². The number of Topliss-reactive ketones (excluding diaryl/α,β-unsaturated/α-hetero) is 2. The van der Waals surface area contributed by atoms with E-state index in [-0.39, 0.29) is 45.9 Å². The maximum Gasteiger partial charge on any atom is 0.220 e. The minimum Gasteiger partial charge on any atom is -0.348 e. The van der Waals surface area contributed by atoms with E-state index in [9.17, 15) is 19.2 Å². The first-order valence-electron chi connectivity index (χ1n) is 14.9. The highest BCUT2D eigenvalue weighted by atomic mass is 32.1. The Morgan fingerprint density at radius 1 is 1.11 bits per heavy atom. The van der Waals surface area contributed by atoms with Gasteiger partial charge in [-0.05, 0) is 90.6 Å². The summed E-state index contributed by atoms with van der Waals surface area (Å²) in [4.78, 5) is 52.1. The second kappa shape index (κ2) is 9.98. The Morgan fingerprint density at radius 2 is 1.87 bits per heavy atom. The monoisotopic (exact) mass is 539 g/mol. The number of hydrogen-bond donors (Lipinski definition) is 1. The normalized spacial score (nSPS) is 40.0. The fraction of sp³-hybridized carbons (Fsp3) is 0.750. The van der Waals surface area contributed by atoms with Crippen LogP contribution in [0.2, 0.25) is 0 Å². The van der Waals surface area contributed by atoms with Gasteiger partial charge in [0.05, 0.1) is 10.9 Å². The third-order valence-corrected chi connectivity index (χ3v) is 13.3. The largest absolute Gasteiger partial charge is 0.348 e. The molecular weight excluding hydrogens is 494 g/mol. The van der Waals surface area contributed by atoms with Gasteiger partial charge < -0.3 is 5.32 Å². The number of aldehydes is 1. The van der Waals surface area contributed by atoms with E-state index >= 15 is 0 Å². The van der Waals surface area contributed by atoms with Crippen molar-refractivity contribution in [2.45, 2.75) is 105 Å². The van der Waals surface area contributed by atoms with Crippen molar-refractivity contribution in [2.24, 2.45) is 45.8 Å². The second-order valence-corrected chi connectivity index (χ2v) is 14.9. The summed E-state index contributed by atoms with van der Waals surface area (Å²) in [5.74, 6) is 2.15. The Bertz CT molecular complexity index is 1130. The molecule has 0 aliphatic heterocycles. The number of fused-ring (bicyclic) bond motifs is 5. The number of amides is 1. The van der Waals surface area contributed by atoms with Crippen LogP contribution in [0.3, 0.4) is 0 Å². The van der Waals surface area contributed by atoms with Crippen LogP contribution in [0, 0.1) is 45.8 Å². The van der Waals surface area contributed by atoms with E-state index in [1.54, 1.807) is 0 Å². The van der Waals surface area contributed by atoms with Crippen LogP contribution >= 0.6 is 11.3 Å². The maximum atomic E-state index is 13.8. The zero-order valence-corrected chi connectivity index (χ0v) is 24.6. The molecule has 38 heavy (non-hydrogen) atoms. The average Bonchev–Trinajstić information content (AvgIpc) is 3.48. The van der Waals surface area contributed by atoms with E-state index < -0.39 is 0 Å². The van der Waals surface area contributed by atoms with Crippen LogP contribution in [-0.2, 0) is 14.4 Å². The molecule has 1 aromatic heterocycles. The number of carbonyl (C=O) groups is 4. The second-order valence-electron chi connectivity index (χ2n) is 13.8. The van der Waals surface area contributed by atoms with Crippen molar-refractivity contribution in [3.05, 3.63) is 21.9 Å². The maximum absolute atomic E-state index is 13.8. The van der Waals surface area contributed by atoms with Crippen LogP contribution < -0.4 is 5.32 Å². The molecular formula is C32H45NO4S. The summed E-state index contributed by atoms with van der Waals surface area (Å²) in [7, 11) is 0. The zero-order valence-electron chi connectivity index (χ0n) is 23.8. The zero-order chi connectivity index (χ0) is 27.5. The molecule has 1 aromatic rings. The van der Waals surface area contributed by atoms with Crippen molar-refractivity contribution >= 4 is 35.1 Å². The minimum absolute atomic E-state index is 0.0389.